The Labute approximate surface area is 145 Å². The average molecular weight is 366 g/mol. The van der Waals surface area contributed by atoms with Gasteiger partial charge in [-0.3, -0.25) is 0 Å². The zero-order chi connectivity index (χ0) is 18.7. The molecule has 0 radical (unpaired) electrons. The van der Waals surface area contributed by atoms with Gasteiger partial charge >= 0.3 is 6.18 Å². The summed E-state index contributed by atoms with van der Waals surface area (Å²) in [6, 6.07) is 1.44. The highest BCUT2D eigenvalue weighted by atomic mass is 19.4. The first-order valence-electron chi connectivity index (χ1n) is 8.69. The van der Waals surface area contributed by atoms with Gasteiger partial charge in [0.1, 0.15) is 22.9 Å². The van der Waals surface area contributed by atoms with Gasteiger partial charge in [0.15, 0.2) is 0 Å². The SMILES string of the molecule is OCCCCCCCCCCCOc1cc(O)c(C(F)(F)F)c(F)c1. The minimum atomic E-state index is -4.94. The van der Waals surface area contributed by atoms with E-state index >= 15 is 0 Å². The van der Waals surface area contributed by atoms with Gasteiger partial charge in [0.25, 0.3) is 0 Å². The number of phenolic OH excluding ortho intramolecular Hbond substituents is 1. The molecule has 25 heavy (non-hydrogen) atoms. The molecular formula is C18H26F4O3. The molecule has 0 amide bonds. The molecule has 1 aromatic carbocycles. The molecule has 0 saturated carbocycles. The number of hydrogen-bond acceptors (Lipinski definition) is 3. The summed E-state index contributed by atoms with van der Waals surface area (Å²) in [7, 11) is 0. The second-order valence-corrected chi connectivity index (χ2v) is 6.05. The van der Waals surface area contributed by atoms with Crippen LogP contribution in [0.3, 0.4) is 0 Å². The summed E-state index contributed by atoms with van der Waals surface area (Å²) in [6.45, 7) is 0.515. The van der Waals surface area contributed by atoms with E-state index < -0.39 is 23.3 Å². The number of halogens is 4. The maximum absolute atomic E-state index is 13.5. The topological polar surface area (TPSA) is 49.7 Å². The molecule has 1 aromatic rings. The standard InChI is InChI=1S/C18H26F4O3/c19-15-12-14(13-16(24)17(15)18(20,21)22)25-11-9-7-5-3-1-2-4-6-8-10-23/h12-13,23-24H,1-11H2. The van der Waals surface area contributed by atoms with Crippen molar-refractivity contribution in [2.45, 2.75) is 64.0 Å². The maximum atomic E-state index is 13.5. The molecule has 2 N–H and O–H groups in total. The smallest absolute Gasteiger partial charge is 0.422 e. The van der Waals surface area contributed by atoms with Crippen molar-refractivity contribution in [3.05, 3.63) is 23.5 Å². The van der Waals surface area contributed by atoms with Crippen molar-refractivity contribution < 1.29 is 32.5 Å². The summed E-state index contributed by atoms with van der Waals surface area (Å²) in [5, 5.41) is 18.0. The van der Waals surface area contributed by atoms with Crippen molar-refractivity contribution in [1.29, 1.82) is 0 Å². The molecule has 7 heteroatoms. The molecule has 0 spiro atoms. The number of benzene rings is 1. The fourth-order valence-electron chi connectivity index (χ4n) is 2.57. The van der Waals surface area contributed by atoms with Crippen LogP contribution in [0, 0.1) is 5.82 Å². The Hall–Kier alpha value is -1.50. The lowest BCUT2D eigenvalue weighted by atomic mass is 10.1. The monoisotopic (exact) mass is 366 g/mol. The van der Waals surface area contributed by atoms with Crippen LogP contribution in [0.25, 0.3) is 0 Å². The number of rotatable bonds is 12. The quantitative estimate of drug-likeness (QED) is 0.383. The van der Waals surface area contributed by atoms with E-state index in [0.717, 1.165) is 57.4 Å². The number of aromatic hydroxyl groups is 1. The summed E-state index contributed by atoms with van der Waals surface area (Å²) in [4.78, 5) is 0. The third-order valence-electron chi connectivity index (χ3n) is 3.90. The second kappa shape index (κ2) is 11.2. The zero-order valence-electron chi connectivity index (χ0n) is 14.2. The van der Waals surface area contributed by atoms with Gasteiger partial charge in [0, 0.05) is 18.7 Å². The Kier molecular flexibility index (Phi) is 9.63. The fraction of sp³-hybridized carbons (Fsp3) is 0.667. The number of phenols is 1. The number of hydrogen-bond donors (Lipinski definition) is 2. The Morgan fingerprint density at radius 2 is 1.36 bits per heavy atom. The Morgan fingerprint density at radius 3 is 1.84 bits per heavy atom. The minimum absolute atomic E-state index is 0.105. The molecule has 0 aliphatic carbocycles. The molecule has 0 saturated heterocycles. The molecule has 0 heterocycles. The number of aliphatic hydroxyl groups excluding tert-OH is 1. The van der Waals surface area contributed by atoms with Gasteiger partial charge in [-0.1, -0.05) is 44.9 Å². The van der Waals surface area contributed by atoms with E-state index in [9.17, 15) is 22.7 Å². The minimum Gasteiger partial charge on any atom is -0.507 e. The van der Waals surface area contributed by atoms with Crippen LogP contribution in [-0.4, -0.2) is 23.4 Å². The third kappa shape index (κ3) is 8.43. The second-order valence-electron chi connectivity index (χ2n) is 6.05. The average Bonchev–Trinajstić information content (AvgIpc) is 2.50. The molecule has 0 aliphatic rings. The lowest BCUT2D eigenvalue weighted by molar-refractivity contribution is -0.141. The first-order chi connectivity index (χ1) is 11.9. The predicted octanol–water partition coefficient (Wildman–Crippen LogP) is 5.43. The van der Waals surface area contributed by atoms with E-state index in [0.29, 0.717) is 12.5 Å². The van der Waals surface area contributed by atoms with Gasteiger partial charge in [-0.25, -0.2) is 4.39 Å². The van der Waals surface area contributed by atoms with E-state index in [1.807, 2.05) is 0 Å². The van der Waals surface area contributed by atoms with Gasteiger partial charge < -0.3 is 14.9 Å². The molecule has 1 rings (SSSR count). The molecule has 0 unspecified atom stereocenters. The first kappa shape index (κ1) is 21.5. The third-order valence-corrected chi connectivity index (χ3v) is 3.90. The lowest BCUT2D eigenvalue weighted by Gasteiger charge is -2.12. The highest BCUT2D eigenvalue weighted by molar-refractivity contribution is 5.42. The number of unbranched alkanes of at least 4 members (excludes halogenated alkanes) is 8. The summed E-state index contributed by atoms with van der Waals surface area (Å²) in [5.74, 6) is -2.81. The zero-order valence-corrected chi connectivity index (χ0v) is 14.2. The van der Waals surface area contributed by atoms with Crippen LogP contribution in [0.2, 0.25) is 0 Å². The molecule has 3 nitrogen and oxygen atoms in total. The van der Waals surface area contributed by atoms with Crippen molar-refractivity contribution in [2.24, 2.45) is 0 Å². The van der Waals surface area contributed by atoms with Gasteiger partial charge in [-0.15, -0.1) is 0 Å². The van der Waals surface area contributed by atoms with E-state index in [4.69, 9.17) is 9.84 Å². The summed E-state index contributed by atoms with van der Waals surface area (Å²) in [6.07, 6.45) is 4.19. The summed E-state index contributed by atoms with van der Waals surface area (Å²) in [5.41, 5.74) is -1.67. The van der Waals surface area contributed by atoms with E-state index in [1.54, 1.807) is 0 Å². The van der Waals surface area contributed by atoms with Crippen LogP contribution in [0.15, 0.2) is 12.1 Å². The maximum Gasteiger partial charge on any atom is 0.422 e. The normalized spacial score (nSPS) is 11.7. The number of alkyl halides is 3. The van der Waals surface area contributed by atoms with Crippen molar-refractivity contribution in [3.8, 4) is 11.5 Å². The Bertz CT molecular complexity index is 481. The Balaban J connectivity index is 2.19. The van der Waals surface area contributed by atoms with Crippen LogP contribution in [0.5, 0.6) is 11.5 Å². The molecule has 0 aromatic heterocycles. The number of aliphatic hydroxyl groups is 1. The lowest BCUT2D eigenvalue weighted by Crippen LogP contribution is -2.09. The van der Waals surface area contributed by atoms with Crippen molar-refractivity contribution in [1.82, 2.24) is 0 Å². The van der Waals surface area contributed by atoms with Crippen LogP contribution in [0.4, 0.5) is 17.6 Å². The van der Waals surface area contributed by atoms with Crippen molar-refractivity contribution >= 4 is 0 Å². The van der Waals surface area contributed by atoms with Gasteiger partial charge in [0.2, 0.25) is 0 Å². The number of ether oxygens (including phenoxy) is 1. The van der Waals surface area contributed by atoms with Crippen LogP contribution >= 0.6 is 0 Å². The van der Waals surface area contributed by atoms with E-state index in [1.165, 1.54) is 0 Å². The first-order valence-corrected chi connectivity index (χ1v) is 8.69. The van der Waals surface area contributed by atoms with Crippen LogP contribution in [-0.2, 0) is 6.18 Å². The van der Waals surface area contributed by atoms with Gasteiger partial charge in [-0.05, 0) is 12.8 Å². The molecular weight excluding hydrogens is 340 g/mol. The largest absolute Gasteiger partial charge is 0.507 e. The predicted molar refractivity (Wildman–Crippen MR) is 87.2 cm³/mol. The van der Waals surface area contributed by atoms with E-state index in [2.05, 4.69) is 0 Å². The van der Waals surface area contributed by atoms with Gasteiger partial charge in [-0.2, -0.15) is 13.2 Å². The summed E-state index contributed by atoms with van der Waals surface area (Å²) < 4.78 is 56.3. The van der Waals surface area contributed by atoms with Crippen molar-refractivity contribution in [2.75, 3.05) is 13.2 Å². The summed E-state index contributed by atoms with van der Waals surface area (Å²) >= 11 is 0. The molecule has 144 valence electrons. The molecule has 0 aliphatic heterocycles. The van der Waals surface area contributed by atoms with E-state index in [-0.39, 0.29) is 19.0 Å². The van der Waals surface area contributed by atoms with Crippen molar-refractivity contribution in [3.63, 3.8) is 0 Å². The molecule has 0 atom stereocenters. The highest BCUT2D eigenvalue weighted by Gasteiger charge is 2.37. The fourth-order valence-corrected chi connectivity index (χ4v) is 2.57. The van der Waals surface area contributed by atoms with Gasteiger partial charge in [0.05, 0.1) is 6.61 Å². The molecule has 0 bridgehead atoms. The van der Waals surface area contributed by atoms with Crippen LogP contribution in [0.1, 0.15) is 63.4 Å². The molecule has 0 fully saturated rings. The van der Waals surface area contributed by atoms with Crippen LogP contribution < -0.4 is 4.74 Å². The Morgan fingerprint density at radius 1 is 0.840 bits per heavy atom. The highest BCUT2D eigenvalue weighted by Crippen LogP contribution is 2.39.